The normalized spacial score (nSPS) is 33.2. The van der Waals surface area contributed by atoms with E-state index < -0.39 is 5.54 Å². The number of hydrogen-bond donors (Lipinski definition) is 2. The highest BCUT2D eigenvalue weighted by atomic mass is 16.5. The number of nitrogens with one attached hydrogen (secondary N) is 1. The number of nitrogens with zero attached hydrogens (tertiary/aromatic N) is 1. The predicted molar refractivity (Wildman–Crippen MR) is 88.6 cm³/mol. The van der Waals surface area contributed by atoms with E-state index in [9.17, 15) is 4.79 Å². The molecule has 0 aromatic rings. The van der Waals surface area contributed by atoms with E-state index in [1.807, 2.05) is 0 Å². The Hall–Kier alpha value is -0.650. The van der Waals surface area contributed by atoms with Crippen LogP contribution >= 0.6 is 0 Å². The summed E-state index contributed by atoms with van der Waals surface area (Å²) in [5.74, 6) is 0.158. The van der Waals surface area contributed by atoms with E-state index in [-0.39, 0.29) is 23.3 Å². The number of carbonyl (C=O) groups is 1. The third-order valence-corrected chi connectivity index (χ3v) is 5.76. The fourth-order valence-electron chi connectivity index (χ4n) is 4.25. The summed E-state index contributed by atoms with van der Waals surface area (Å²) >= 11 is 0. The lowest BCUT2D eigenvalue weighted by Gasteiger charge is -2.65. The Morgan fingerprint density at radius 3 is 2.73 bits per heavy atom. The first-order chi connectivity index (χ1) is 10.4. The monoisotopic (exact) mass is 311 g/mol. The van der Waals surface area contributed by atoms with Crippen LogP contribution in [0.1, 0.15) is 47.0 Å². The van der Waals surface area contributed by atoms with Crippen LogP contribution in [0.25, 0.3) is 0 Å². The molecule has 2 rings (SSSR count). The fourth-order valence-corrected chi connectivity index (χ4v) is 4.25. The minimum Gasteiger partial charge on any atom is -0.377 e. The van der Waals surface area contributed by atoms with Crippen LogP contribution in [0.15, 0.2) is 0 Å². The Bertz CT molecular complexity index is 399. The Labute approximate surface area is 134 Å². The zero-order valence-corrected chi connectivity index (χ0v) is 14.7. The Balaban J connectivity index is 1.91. The van der Waals surface area contributed by atoms with Gasteiger partial charge in [0.15, 0.2) is 0 Å². The molecule has 1 aliphatic heterocycles. The van der Waals surface area contributed by atoms with E-state index in [2.05, 4.69) is 37.9 Å². The predicted octanol–water partition coefficient (Wildman–Crippen LogP) is 1.37. The third kappa shape index (κ3) is 2.79. The maximum atomic E-state index is 12.7. The van der Waals surface area contributed by atoms with Crippen molar-refractivity contribution in [3.8, 4) is 0 Å². The second-order valence-electron chi connectivity index (χ2n) is 7.32. The number of ether oxygens (including phenoxy) is 1. The summed E-state index contributed by atoms with van der Waals surface area (Å²) in [7, 11) is 0. The SMILES string of the molecule is CCCN(CC)CCNC(=O)C1(N)C2CCCOC2C1(C)C. The molecular weight excluding hydrogens is 278 g/mol. The van der Waals surface area contributed by atoms with Crippen LogP contribution < -0.4 is 11.1 Å². The third-order valence-electron chi connectivity index (χ3n) is 5.76. The standard InChI is InChI=1S/C17H33N3O2/c1-5-10-20(6-2)11-9-19-15(21)17(18)13-8-7-12-22-14(13)16(17,3)4/h13-14H,5-12,18H2,1-4H3,(H,19,21). The van der Waals surface area contributed by atoms with E-state index in [1.54, 1.807) is 0 Å². The highest BCUT2D eigenvalue weighted by Gasteiger charge is 2.70. The second kappa shape index (κ2) is 6.85. The van der Waals surface area contributed by atoms with Crippen LogP contribution in [-0.4, -0.2) is 55.2 Å². The molecule has 0 radical (unpaired) electrons. The molecule has 5 nitrogen and oxygen atoms in total. The van der Waals surface area contributed by atoms with Crippen molar-refractivity contribution in [2.24, 2.45) is 17.1 Å². The Morgan fingerprint density at radius 1 is 1.36 bits per heavy atom. The average molecular weight is 311 g/mol. The van der Waals surface area contributed by atoms with E-state index in [0.29, 0.717) is 6.54 Å². The smallest absolute Gasteiger partial charge is 0.241 e. The van der Waals surface area contributed by atoms with Gasteiger partial charge in [-0.25, -0.2) is 0 Å². The highest BCUT2D eigenvalue weighted by molar-refractivity contribution is 5.89. The number of nitrogens with two attached hydrogens (primary N) is 1. The van der Waals surface area contributed by atoms with Gasteiger partial charge in [-0.1, -0.05) is 27.7 Å². The van der Waals surface area contributed by atoms with Gasteiger partial charge in [0, 0.05) is 31.0 Å². The van der Waals surface area contributed by atoms with Gasteiger partial charge in [-0.15, -0.1) is 0 Å². The molecule has 0 spiro atoms. The van der Waals surface area contributed by atoms with Gasteiger partial charge < -0.3 is 20.7 Å². The van der Waals surface area contributed by atoms with Gasteiger partial charge in [-0.05, 0) is 32.4 Å². The molecule has 3 N–H and O–H groups in total. The number of likely N-dealkylation sites (N-methyl/N-ethyl adjacent to an activating group) is 1. The van der Waals surface area contributed by atoms with Crippen LogP contribution in [0.4, 0.5) is 0 Å². The molecule has 0 bridgehead atoms. The van der Waals surface area contributed by atoms with Crippen molar-refractivity contribution < 1.29 is 9.53 Å². The van der Waals surface area contributed by atoms with Gasteiger partial charge in [-0.3, -0.25) is 4.79 Å². The first-order valence-corrected chi connectivity index (χ1v) is 8.80. The largest absolute Gasteiger partial charge is 0.377 e. The van der Waals surface area contributed by atoms with Crippen molar-refractivity contribution in [3.05, 3.63) is 0 Å². The molecule has 1 saturated carbocycles. The molecule has 1 aliphatic carbocycles. The molecule has 5 heteroatoms. The summed E-state index contributed by atoms with van der Waals surface area (Å²) in [6, 6.07) is 0. The summed E-state index contributed by atoms with van der Waals surface area (Å²) in [5.41, 5.74) is 5.49. The zero-order valence-electron chi connectivity index (χ0n) is 14.7. The van der Waals surface area contributed by atoms with Gasteiger partial charge in [0.25, 0.3) is 0 Å². The molecule has 3 unspecified atom stereocenters. The summed E-state index contributed by atoms with van der Waals surface area (Å²) in [4.78, 5) is 15.1. The lowest BCUT2D eigenvalue weighted by atomic mass is 9.46. The molecule has 1 saturated heterocycles. The molecule has 0 aromatic carbocycles. The quantitative estimate of drug-likeness (QED) is 0.745. The highest BCUT2D eigenvalue weighted by Crippen LogP contribution is 2.57. The lowest BCUT2D eigenvalue weighted by Crippen LogP contribution is -2.82. The van der Waals surface area contributed by atoms with Gasteiger partial charge in [0.05, 0.1) is 6.10 Å². The van der Waals surface area contributed by atoms with Crippen LogP contribution in [-0.2, 0) is 9.53 Å². The van der Waals surface area contributed by atoms with Crippen molar-refractivity contribution >= 4 is 5.91 Å². The van der Waals surface area contributed by atoms with E-state index in [0.717, 1.165) is 45.5 Å². The number of amides is 1. The number of carbonyl (C=O) groups excluding carboxylic acids is 1. The molecule has 22 heavy (non-hydrogen) atoms. The first kappa shape index (κ1) is 17.7. The Morgan fingerprint density at radius 2 is 2.09 bits per heavy atom. The summed E-state index contributed by atoms with van der Waals surface area (Å²) < 4.78 is 5.86. The fraction of sp³-hybridized carbons (Fsp3) is 0.941. The summed E-state index contributed by atoms with van der Waals surface area (Å²) in [6.07, 6.45) is 3.26. The van der Waals surface area contributed by atoms with Crippen molar-refractivity contribution in [2.75, 3.05) is 32.8 Å². The molecule has 128 valence electrons. The number of hydrogen-bond acceptors (Lipinski definition) is 4. The molecule has 1 heterocycles. The average Bonchev–Trinajstić information content (AvgIpc) is 2.52. The van der Waals surface area contributed by atoms with Crippen molar-refractivity contribution in [2.45, 2.75) is 58.6 Å². The molecular formula is C17H33N3O2. The number of rotatable bonds is 7. The molecule has 2 aliphatic rings. The van der Waals surface area contributed by atoms with Crippen LogP contribution in [0.3, 0.4) is 0 Å². The summed E-state index contributed by atoms with van der Waals surface area (Å²) in [5, 5.41) is 3.08. The zero-order chi connectivity index (χ0) is 16.4. The van der Waals surface area contributed by atoms with Crippen LogP contribution in [0, 0.1) is 11.3 Å². The van der Waals surface area contributed by atoms with Crippen molar-refractivity contribution in [1.82, 2.24) is 10.2 Å². The molecule has 1 amide bonds. The minimum absolute atomic E-state index is 0.00296. The summed E-state index contributed by atoms with van der Waals surface area (Å²) in [6.45, 7) is 12.9. The van der Waals surface area contributed by atoms with Gasteiger partial charge in [0.1, 0.15) is 5.54 Å². The van der Waals surface area contributed by atoms with E-state index in [4.69, 9.17) is 10.5 Å². The molecule has 3 atom stereocenters. The van der Waals surface area contributed by atoms with Crippen LogP contribution in [0.2, 0.25) is 0 Å². The first-order valence-electron chi connectivity index (χ1n) is 8.80. The van der Waals surface area contributed by atoms with Gasteiger partial charge in [0.2, 0.25) is 5.91 Å². The van der Waals surface area contributed by atoms with Crippen LogP contribution in [0.5, 0.6) is 0 Å². The lowest BCUT2D eigenvalue weighted by molar-refractivity contribution is -0.225. The maximum Gasteiger partial charge on any atom is 0.241 e. The van der Waals surface area contributed by atoms with E-state index >= 15 is 0 Å². The van der Waals surface area contributed by atoms with Gasteiger partial charge in [-0.2, -0.15) is 0 Å². The Kier molecular flexibility index (Phi) is 5.51. The maximum absolute atomic E-state index is 12.7. The van der Waals surface area contributed by atoms with Crippen molar-refractivity contribution in [1.29, 1.82) is 0 Å². The van der Waals surface area contributed by atoms with Crippen molar-refractivity contribution in [3.63, 3.8) is 0 Å². The van der Waals surface area contributed by atoms with E-state index in [1.165, 1.54) is 0 Å². The van der Waals surface area contributed by atoms with Gasteiger partial charge >= 0.3 is 0 Å². The molecule has 0 aromatic heterocycles. The minimum atomic E-state index is -0.792. The second-order valence-corrected chi connectivity index (χ2v) is 7.32. The number of fused-ring (bicyclic) bond motifs is 1. The molecule has 2 fully saturated rings. The topological polar surface area (TPSA) is 67.6 Å².